The molecule has 0 aliphatic heterocycles. The molecule has 0 saturated heterocycles. The Morgan fingerprint density at radius 1 is 1.29 bits per heavy atom. The van der Waals surface area contributed by atoms with E-state index in [1.54, 1.807) is 11.8 Å². The van der Waals surface area contributed by atoms with Crippen molar-refractivity contribution in [3.63, 3.8) is 0 Å². The number of benzene rings is 1. The summed E-state index contributed by atoms with van der Waals surface area (Å²) in [4.78, 5) is 12.8. The Hall–Kier alpha value is -1.00. The second-order valence-electron chi connectivity index (χ2n) is 5.43. The second kappa shape index (κ2) is 9.11. The van der Waals surface area contributed by atoms with Crippen LogP contribution < -0.4 is 5.32 Å². The predicted octanol–water partition coefficient (Wildman–Crippen LogP) is 4.10. The molecule has 0 aliphatic rings. The molecular formula is C17H27NO2S. The number of carboxylic acids is 1. The number of nitrogens with one attached hydrogen (secondary N) is 1. The highest BCUT2D eigenvalue weighted by atomic mass is 32.2. The number of carbonyl (C=O) groups is 1. The minimum Gasteiger partial charge on any atom is -0.480 e. The third kappa shape index (κ3) is 5.71. The summed E-state index contributed by atoms with van der Waals surface area (Å²) in [5.41, 5.74) is 0.503. The topological polar surface area (TPSA) is 49.3 Å². The van der Waals surface area contributed by atoms with Gasteiger partial charge in [0.2, 0.25) is 0 Å². The van der Waals surface area contributed by atoms with Crippen LogP contribution in [0.3, 0.4) is 0 Å². The van der Waals surface area contributed by atoms with Crippen molar-refractivity contribution in [1.82, 2.24) is 5.32 Å². The maximum Gasteiger partial charge on any atom is 0.323 e. The zero-order valence-corrected chi connectivity index (χ0v) is 14.1. The van der Waals surface area contributed by atoms with E-state index in [9.17, 15) is 9.90 Å². The molecule has 0 aromatic heterocycles. The molecule has 118 valence electrons. The molecule has 1 unspecified atom stereocenters. The molecular weight excluding hydrogens is 282 g/mol. The Balaban J connectivity index is 2.46. The van der Waals surface area contributed by atoms with Gasteiger partial charge in [0.15, 0.2) is 0 Å². The lowest BCUT2D eigenvalue weighted by Gasteiger charge is -2.29. The molecule has 0 spiro atoms. The standard InChI is InChI=1S/C17H27NO2S/c1-4-12-18-17(5-2,16(19)20)11-6-13-21-15-9-7-14(3)8-10-15/h7-10,18H,4-6,11-13H2,1-3H3,(H,19,20). The lowest BCUT2D eigenvalue weighted by Crippen LogP contribution is -2.52. The van der Waals surface area contributed by atoms with Crippen molar-refractivity contribution in [2.45, 2.75) is 56.9 Å². The van der Waals surface area contributed by atoms with Crippen LogP contribution in [0.2, 0.25) is 0 Å². The summed E-state index contributed by atoms with van der Waals surface area (Å²) in [6.07, 6.45) is 3.15. The van der Waals surface area contributed by atoms with Crippen molar-refractivity contribution in [3.05, 3.63) is 29.8 Å². The third-order valence-corrected chi connectivity index (χ3v) is 4.86. The van der Waals surface area contributed by atoms with Crippen molar-refractivity contribution in [1.29, 1.82) is 0 Å². The van der Waals surface area contributed by atoms with Crippen molar-refractivity contribution in [2.24, 2.45) is 0 Å². The summed E-state index contributed by atoms with van der Waals surface area (Å²) in [5.74, 6) is 0.227. The molecule has 0 radical (unpaired) electrons. The van der Waals surface area contributed by atoms with Crippen LogP contribution in [0.15, 0.2) is 29.2 Å². The van der Waals surface area contributed by atoms with Crippen LogP contribution in [0.5, 0.6) is 0 Å². The third-order valence-electron chi connectivity index (χ3n) is 3.76. The van der Waals surface area contributed by atoms with Gasteiger partial charge >= 0.3 is 5.97 Å². The van der Waals surface area contributed by atoms with Crippen LogP contribution in [-0.4, -0.2) is 28.9 Å². The molecule has 0 saturated carbocycles. The first-order valence-corrected chi connectivity index (χ1v) is 8.70. The molecule has 0 heterocycles. The number of rotatable bonds is 10. The summed E-state index contributed by atoms with van der Waals surface area (Å²) in [6, 6.07) is 8.47. The molecule has 1 rings (SSSR count). The van der Waals surface area contributed by atoms with Crippen LogP contribution in [0.4, 0.5) is 0 Å². The fourth-order valence-electron chi connectivity index (χ4n) is 2.29. The SMILES string of the molecule is CCCNC(CC)(CCCSc1ccc(C)cc1)C(=O)O. The minimum atomic E-state index is -0.760. The first-order chi connectivity index (χ1) is 10.0. The maximum absolute atomic E-state index is 11.6. The summed E-state index contributed by atoms with van der Waals surface area (Å²) in [6.45, 7) is 6.84. The highest BCUT2D eigenvalue weighted by Gasteiger charge is 2.35. The Labute approximate surface area is 132 Å². The van der Waals surface area contributed by atoms with Crippen molar-refractivity contribution in [2.75, 3.05) is 12.3 Å². The summed E-state index contributed by atoms with van der Waals surface area (Å²) >= 11 is 1.80. The van der Waals surface area contributed by atoms with Crippen molar-refractivity contribution >= 4 is 17.7 Å². The molecule has 2 N–H and O–H groups in total. The van der Waals surface area contributed by atoms with Gasteiger partial charge in [0, 0.05) is 4.90 Å². The van der Waals surface area contributed by atoms with Gasteiger partial charge in [0.05, 0.1) is 0 Å². The van der Waals surface area contributed by atoms with Crippen molar-refractivity contribution in [3.8, 4) is 0 Å². The van der Waals surface area contributed by atoms with E-state index in [2.05, 4.69) is 43.4 Å². The average Bonchev–Trinajstić information content (AvgIpc) is 2.48. The lowest BCUT2D eigenvalue weighted by atomic mass is 9.90. The Morgan fingerprint density at radius 2 is 1.95 bits per heavy atom. The normalized spacial score (nSPS) is 13.9. The predicted molar refractivity (Wildman–Crippen MR) is 90.1 cm³/mol. The first kappa shape index (κ1) is 18.1. The zero-order chi connectivity index (χ0) is 15.7. The van der Waals surface area contributed by atoms with E-state index in [1.165, 1.54) is 10.5 Å². The number of aryl methyl sites for hydroxylation is 1. The fraction of sp³-hybridized carbons (Fsp3) is 0.588. The van der Waals surface area contributed by atoms with Gasteiger partial charge in [-0.2, -0.15) is 0 Å². The largest absolute Gasteiger partial charge is 0.480 e. The number of hydrogen-bond acceptors (Lipinski definition) is 3. The number of hydrogen-bond donors (Lipinski definition) is 2. The fourth-order valence-corrected chi connectivity index (χ4v) is 3.14. The van der Waals surface area contributed by atoms with E-state index in [0.717, 1.165) is 25.1 Å². The van der Waals surface area contributed by atoms with E-state index in [0.29, 0.717) is 12.8 Å². The maximum atomic E-state index is 11.6. The van der Waals surface area contributed by atoms with Gasteiger partial charge in [0.1, 0.15) is 5.54 Å². The molecule has 0 amide bonds. The van der Waals surface area contributed by atoms with Crippen LogP contribution in [0, 0.1) is 6.92 Å². The van der Waals surface area contributed by atoms with Crippen LogP contribution in [0.1, 0.15) is 45.1 Å². The molecule has 3 nitrogen and oxygen atoms in total. The number of thioether (sulfide) groups is 1. The Morgan fingerprint density at radius 3 is 2.48 bits per heavy atom. The van der Waals surface area contributed by atoms with Gasteiger partial charge in [-0.1, -0.05) is 31.5 Å². The molecule has 21 heavy (non-hydrogen) atoms. The molecule has 0 fully saturated rings. The Bertz CT molecular complexity index is 433. The van der Waals surface area contributed by atoms with Gasteiger partial charge in [-0.3, -0.25) is 4.79 Å². The molecule has 0 aliphatic carbocycles. The van der Waals surface area contributed by atoms with Crippen molar-refractivity contribution < 1.29 is 9.90 Å². The summed E-state index contributed by atoms with van der Waals surface area (Å²) in [7, 11) is 0. The molecule has 1 aromatic rings. The van der Waals surface area contributed by atoms with Gasteiger partial charge in [-0.15, -0.1) is 11.8 Å². The monoisotopic (exact) mass is 309 g/mol. The van der Waals surface area contributed by atoms with E-state index in [1.807, 2.05) is 6.92 Å². The van der Waals surface area contributed by atoms with Gasteiger partial charge in [0.25, 0.3) is 0 Å². The van der Waals surface area contributed by atoms with Crippen LogP contribution in [0.25, 0.3) is 0 Å². The Kier molecular flexibility index (Phi) is 7.83. The molecule has 1 atom stereocenters. The van der Waals surface area contributed by atoms with Gasteiger partial charge in [-0.05, 0) is 57.0 Å². The van der Waals surface area contributed by atoms with E-state index >= 15 is 0 Å². The van der Waals surface area contributed by atoms with E-state index < -0.39 is 11.5 Å². The highest BCUT2D eigenvalue weighted by Crippen LogP contribution is 2.24. The minimum absolute atomic E-state index is 0.623. The first-order valence-electron chi connectivity index (χ1n) is 7.72. The summed E-state index contributed by atoms with van der Waals surface area (Å²) in [5, 5.41) is 12.8. The van der Waals surface area contributed by atoms with E-state index in [-0.39, 0.29) is 0 Å². The van der Waals surface area contributed by atoms with Crippen LogP contribution >= 0.6 is 11.8 Å². The van der Waals surface area contributed by atoms with Crippen LogP contribution in [-0.2, 0) is 4.79 Å². The second-order valence-corrected chi connectivity index (χ2v) is 6.60. The summed E-state index contributed by atoms with van der Waals surface area (Å²) < 4.78 is 0. The smallest absolute Gasteiger partial charge is 0.323 e. The van der Waals surface area contributed by atoms with E-state index in [4.69, 9.17) is 0 Å². The molecule has 4 heteroatoms. The zero-order valence-electron chi connectivity index (χ0n) is 13.3. The number of aliphatic carboxylic acids is 1. The van der Waals surface area contributed by atoms with Gasteiger partial charge < -0.3 is 10.4 Å². The lowest BCUT2D eigenvalue weighted by molar-refractivity contribution is -0.145. The highest BCUT2D eigenvalue weighted by molar-refractivity contribution is 7.99. The quantitative estimate of drug-likeness (QED) is 0.504. The molecule has 1 aromatic carbocycles. The van der Waals surface area contributed by atoms with Gasteiger partial charge in [-0.25, -0.2) is 0 Å². The average molecular weight is 309 g/mol. The number of carboxylic acid groups (broad SMARTS) is 1. The molecule has 0 bridgehead atoms.